The van der Waals surface area contributed by atoms with E-state index in [0.717, 1.165) is 0 Å². The van der Waals surface area contributed by atoms with Crippen molar-refractivity contribution >= 4 is 10.9 Å². The van der Waals surface area contributed by atoms with Gasteiger partial charge in [0.1, 0.15) is 0 Å². The average Bonchev–Trinajstić information content (AvgIpc) is 2.36. The van der Waals surface area contributed by atoms with Crippen molar-refractivity contribution in [2.45, 2.75) is 18.7 Å². The predicted molar refractivity (Wildman–Crippen MR) is 64.1 cm³/mol. The summed E-state index contributed by atoms with van der Waals surface area (Å²) in [5.74, 6) is 0.0991. The fourth-order valence-electron chi connectivity index (χ4n) is 1.79. The maximum absolute atomic E-state index is 12.4. The molecule has 2 rings (SSSR count). The zero-order valence-corrected chi connectivity index (χ0v) is 10.1. The highest BCUT2D eigenvalue weighted by Crippen LogP contribution is 2.28. The van der Waals surface area contributed by atoms with E-state index in [1.54, 1.807) is 30.3 Å². The Hall–Kier alpha value is -1.82. The van der Waals surface area contributed by atoms with Crippen LogP contribution >= 0.6 is 0 Å². The second-order valence-corrected chi connectivity index (χ2v) is 4.11. The standard InChI is InChI=1S/C13H12F3NO2/c1-19-12-9(7-11(18)13(14,15)16)6-8-4-2-3-5-10(8)17-12/h2-6,11,18H,7H2,1H3. The van der Waals surface area contributed by atoms with Crippen LogP contribution in [0.15, 0.2) is 30.3 Å². The number of aromatic nitrogens is 1. The Morgan fingerprint density at radius 3 is 2.63 bits per heavy atom. The maximum atomic E-state index is 12.4. The van der Waals surface area contributed by atoms with Gasteiger partial charge in [0.25, 0.3) is 0 Å². The van der Waals surface area contributed by atoms with Gasteiger partial charge in [-0.1, -0.05) is 18.2 Å². The second-order valence-electron chi connectivity index (χ2n) is 4.11. The van der Waals surface area contributed by atoms with Crippen LogP contribution in [-0.2, 0) is 6.42 Å². The number of halogens is 3. The summed E-state index contributed by atoms with van der Waals surface area (Å²) in [7, 11) is 1.33. The molecule has 1 aromatic carbocycles. The molecule has 0 radical (unpaired) electrons. The smallest absolute Gasteiger partial charge is 0.414 e. The van der Waals surface area contributed by atoms with Crippen LogP contribution in [0.5, 0.6) is 5.88 Å². The van der Waals surface area contributed by atoms with Gasteiger partial charge in [0.05, 0.1) is 12.6 Å². The number of hydrogen-bond donors (Lipinski definition) is 1. The number of benzene rings is 1. The van der Waals surface area contributed by atoms with Gasteiger partial charge in [0, 0.05) is 17.4 Å². The van der Waals surface area contributed by atoms with Crippen molar-refractivity contribution in [3.8, 4) is 5.88 Å². The third-order valence-corrected chi connectivity index (χ3v) is 2.75. The molecule has 1 heterocycles. The summed E-state index contributed by atoms with van der Waals surface area (Å²) in [5.41, 5.74) is 0.857. The number of methoxy groups -OCH3 is 1. The summed E-state index contributed by atoms with van der Waals surface area (Å²) in [5, 5.41) is 9.82. The number of hydrogen-bond acceptors (Lipinski definition) is 3. The molecule has 0 aliphatic carbocycles. The number of ether oxygens (including phenoxy) is 1. The molecule has 1 N–H and O–H groups in total. The minimum Gasteiger partial charge on any atom is -0.481 e. The third kappa shape index (κ3) is 2.96. The van der Waals surface area contributed by atoms with Crippen LogP contribution in [0.25, 0.3) is 10.9 Å². The molecular weight excluding hydrogens is 259 g/mol. The molecule has 102 valence electrons. The fraction of sp³-hybridized carbons (Fsp3) is 0.308. The van der Waals surface area contributed by atoms with Crippen LogP contribution in [0.3, 0.4) is 0 Å². The van der Waals surface area contributed by atoms with Gasteiger partial charge in [0.15, 0.2) is 6.10 Å². The summed E-state index contributed by atoms with van der Waals surface area (Å²) >= 11 is 0. The molecule has 0 fully saturated rings. The Labute approximate surface area is 107 Å². The number of aliphatic hydroxyl groups excluding tert-OH is 1. The fourth-order valence-corrected chi connectivity index (χ4v) is 1.79. The number of para-hydroxylation sites is 1. The molecule has 0 saturated carbocycles. The van der Waals surface area contributed by atoms with Crippen molar-refractivity contribution in [1.29, 1.82) is 0 Å². The first-order valence-corrected chi connectivity index (χ1v) is 5.59. The topological polar surface area (TPSA) is 42.4 Å². The number of aliphatic hydroxyl groups is 1. The van der Waals surface area contributed by atoms with E-state index in [4.69, 9.17) is 9.84 Å². The lowest BCUT2D eigenvalue weighted by atomic mass is 10.1. The molecule has 2 aromatic rings. The molecule has 0 spiro atoms. The van der Waals surface area contributed by atoms with Gasteiger partial charge in [-0.2, -0.15) is 13.2 Å². The van der Waals surface area contributed by atoms with E-state index >= 15 is 0 Å². The first kappa shape index (κ1) is 13.6. The monoisotopic (exact) mass is 271 g/mol. The first-order valence-electron chi connectivity index (χ1n) is 5.59. The number of pyridine rings is 1. The van der Waals surface area contributed by atoms with Gasteiger partial charge in [-0.3, -0.25) is 0 Å². The Bertz CT molecular complexity index is 584. The predicted octanol–water partition coefficient (Wildman–Crippen LogP) is 2.71. The van der Waals surface area contributed by atoms with E-state index < -0.39 is 18.7 Å². The molecule has 0 aliphatic rings. The highest BCUT2D eigenvalue weighted by Gasteiger charge is 2.38. The highest BCUT2D eigenvalue weighted by atomic mass is 19.4. The normalized spacial score (nSPS) is 13.5. The van der Waals surface area contributed by atoms with Gasteiger partial charge >= 0.3 is 6.18 Å². The molecule has 0 bridgehead atoms. The highest BCUT2D eigenvalue weighted by molar-refractivity contribution is 5.80. The van der Waals surface area contributed by atoms with Gasteiger partial charge < -0.3 is 9.84 Å². The number of rotatable bonds is 3. The van der Waals surface area contributed by atoms with Crippen molar-refractivity contribution in [3.05, 3.63) is 35.9 Å². The summed E-state index contributed by atoms with van der Waals surface area (Å²) < 4.78 is 42.1. The number of alkyl halides is 3. The largest absolute Gasteiger partial charge is 0.481 e. The second kappa shape index (κ2) is 5.05. The van der Waals surface area contributed by atoms with Crippen LogP contribution in [-0.4, -0.2) is 29.5 Å². The molecule has 1 aromatic heterocycles. The minimum atomic E-state index is -4.66. The van der Waals surface area contributed by atoms with Crippen molar-refractivity contribution in [2.24, 2.45) is 0 Å². The first-order chi connectivity index (χ1) is 8.91. The maximum Gasteiger partial charge on any atom is 0.414 e. The Morgan fingerprint density at radius 2 is 2.00 bits per heavy atom. The molecule has 6 heteroatoms. The van der Waals surface area contributed by atoms with Crippen LogP contribution in [0.2, 0.25) is 0 Å². The van der Waals surface area contributed by atoms with Crippen molar-refractivity contribution in [2.75, 3.05) is 7.11 Å². The Morgan fingerprint density at radius 1 is 1.32 bits per heavy atom. The summed E-state index contributed by atoms with van der Waals surface area (Å²) in [6.07, 6.45) is -7.66. The number of fused-ring (bicyclic) bond motifs is 1. The lowest BCUT2D eigenvalue weighted by Gasteiger charge is -2.16. The molecule has 19 heavy (non-hydrogen) atoms. The molecule has 0 amide bonds. The molecule has 3 nitrogen and oxygen atoms in total. The molecule has 0 saturated heterocycles. The SMILES string of the molecule is COc1nc2ccccc2cc1CC(O)C(F)(F)F. The zero-order chi connectivity index (χ0) is 14.0. The Balaban J connectivity index is 2.41. The quantitative estimate of drug-likeness (QED) is 0.933. The average molecular weight is 271 g/mol. The molecular formula is C13H12F3NO2. The number of nitrogens with zero attached hydrogens (tertiary/aromatic N) is 1. The van der Waals surface area contributed by atoms with Crippen molar-refractivity contribution in [1.82, 2.24) is 4.98 Å². The lowest BCUT2D eigenvalue weighted by molar-refractivity contribution is -0.203. The third-order valence-electron chi connectivity index (χ3n) is 2.75. The Kier molecular flexibility index (Phi) is 3.61. The summed E-state index contributed by atoms with van der Waals surface area (Å²) in [4.78, 5) is 4.13. The lowest BCUT2D eigenvalue weighted by Crippen LogP contribution is -2.30. The van der Waals surface area contributed by atoms with E-state index in [2.05, 4.69) is 4.98 Å². The molecule has 1 unspecified atom stereocenters. The zero-order valence-electron chi connectivity index (χ0n) is 10.1. The summed E-state index contributed by atoms with van der Waals surface area (Å²) in [6.45, 7) is 0. The molecule has 0 aliphatic heterocycles. The molecule has 1 atom stereocenters. The van der Waals surface area contributed by atoms with Gasteiger partial charge in [-0.15, -0.1) is 0 Å². The van der Waals surface area contributed by atoms with E-state index in [-0.39, 0.29) is 11.4 Å². The van der Waals surface area contributed by atoms with E-state index in [1.807, 2.05) is 0 Å². The van der Waals surface area contributed by atoms with E-state index in [9.17, 15) is 13.2 Å². The van der Waals surface area contributed by atoms with Crippen LogP contribution < -0.4 is 4.74 Å². The van der Waals surface area contributed by atoms with Crippen LogP contribution in [0.1, 0.15) is 5.56 Å². The minimum absolute atomic E-state index is 0.0991. The van der Waals surface area contributed by atoms with Gasteiger partial charge in [-0.05, 0) is 12.1 Å². The van der Waals surface area contributed by atoms with Crippen LogP contribution in [0.4, 0.5) is 13.2 Å². The van der Waals surface area contributed by atoms with E-state index in [1.165, 1.54) is 7.11 Å². The van der Waals surface area contributed by atoms with Crippen molar-refractivity contribution < 1.29 is 23.0 Å². The van der Waals surface area contributed by atoms with Gasteiger partial charge in [-0.25, -0.2) is 4.98 Å². The summed E-state index contributed by atoms with van der Waals surface area (Å²) in [6, 6.07) is 8.57. The van der Waals surface area contributed by atoms with Gasteiger partial charge in [0.2, 0.25) is 5.88 Å². The van der Waals surface area contributed by atoms with Crippen LogP contribution in [0, 0.1) is 0 Å². The van der Waals surface area contributed by atoms with Crippen molar-refractivity contribution in [3.63, 3.8) is 0 Å². The van der Waals surface area contributed by atoms with E-state index in [0.29, 0.717) is 10.9 Å².